The lowest BCUT2D eigenvalue weighted by Gasteiger charge is -2.32. The molecule has 0 saturated carbocycles. The molecule has 36 heavy (non-hydrogen) atoms. The zero-order valence-corrected chi connectivity index (χ0v) is 19.4. The van der Waals surface area contributed by atoms with Crippen LogP contribution in [0, 0.1) is 5.82 Å². The number of amides is 2. The smallest absolute Gasteiger partial charge is 0.338 e. The van der Waals surface area contributed by atoms with Gasteiger partial charge in [-0.1, -0.05) is 24.3 Å². The fraction of sp³-hybridized carbons (Fsp3) is 0.214. The topological polar surface area (TPSA) is 84.0 Å². The highest BCUT2D eigenvalue weighted by atomic mass is 19.1. The summed E-state index contributed by atoms with van der Waals surface area (Å²) in [6.45, 7) is 0.834. The minimum absolute atomic E-state index is 0.107. The SMILES string of the molecule is O=C(COC(=O)c1ccc(N2C(=O)CC(N3CCc4ccccc4C3)C2=O)cc1)c1ccc(F)cc1. The number of hydrogen-bond acceptors (Lipinski definition) is 6. The Balaban J connectivity index is 1.22. The Morgan fingerprint density at radius 2 is 1.56 bits per heavy atom. The number of fused-ring (bicyclic) bond motifs is 1. The Kier molecular flexibility index (Phi) is 6.43. The predicted molar refractivity (Wildman–Crippen MR) is 129 cm³/mol. The van der Waals surface area contributed by atoms with E-state index >= 15 is 0 Å². The maximum absolute atomic E-state index is 13.2. The number of ether oxygens (including phenoxy) is 1. The van der Waals surface area contributed by atoms with E-state index < -0.39 is 30.2 Å². The van der Waals surface area contributed by atoms with Crippen molar-refractivity contribution in [3.63, 3.8) is 0 Å². The fourth-order valence-electron chi connectivity index (χ4n) is 4.64. The van der Waals surface area contributed by atoms with E-state index in [1.54, 1.807) is 0 Å². The maximum atomic E-state index is 13.2. The summed E-state index contributed by atoms with van der Waals surface area (Å²) in [6.07, 6.45) is 0.935. The van der Waals surface area contributed by atoms with E-state index in [4.69, 9.17) is 4.74 Å². The van der Waals surface area contributed by atoms with Crippen molar-refractivity contribution < 1.29 is 28.3 Å². The number of hydrogen-bond donors (Lipinski definition) is 0. The molecule has 5 rings (SSSR count). The van der Waals surface area contributed by atoms with Gasteiger partial charge in [-0.2, -0.15) is 0 Å². The summed E-state index contributed by atoms with van der Waals surface area (Å²) in [7, 11) is 0. The average Bonchev–Trinajstić information content (AvgIpc) is 3.20. The third-order valence-electron chi connectivity index (χ3n) is 6.59. The van der Waals surface area contributed by atoms with Crippen LogP contribution in [-0.2, 0) is 27.3 Å². The molecule has 0 N–H and O–H groups in total. The molecule has 2 aliphatic heterocycles. The zero-order valence-electron chi connectivity index (χ0n) is 19.4. The molecule has 0 aromatic heterocycles. The van der Waals surface area contributed by atoms with E-state index in [1.165, 1.54) is 52.4 Å². The summed E-state index contributed by atoms with van der Waals surface area (Å²) in [4.78, 5) is 53.7. The molecule has 2 amide bonds. The largest absolute Gasteiger partial charge is 0.454 e. The number of anilines is 1. The number of carbonyl (C=O) groups excluding carboxylic acids is 4. The molecule has 2 heterocycles. The second-order valence-electron chi connectivity index (χ2n) is 8.83. The van der Waals surface area contributed by atoms with Crippen molar-refractivity contribution in [2.75, 3.05) is 18.1 Å². The zero-order chi connectivity index (χ0) is 25.2. The Bertz CT molecular complexity index is 1340. The second kappa shape index (κ2) is 9.83. The van der Waals surface area contributed by atoms with Crippen LogP contribution in [-0.4, -0.2) is 47.7 Å². The number of nitrogens with zero attached hydrogens (tertiary/aromatic N) is 2. The number of halogens is 1. The molecule has 0 aliphatic carbocycles. The highest BCUT2D eigenvalue weighted by Gasteiger charge is 2.43. The summed E-state index contributed by atoms with van der Waals surface area (Å²) in [5.41, 5.74) is 3.22. The highest BCUT2D eigenvalue weighted by molar-refractivity contribution is 6.22. The van der Waals surface area contributed by atoms with Crippen molar-refractivity contribution >= 4 is 29.3 Å². The summed E-state index contributed by atoms with van der Waals surface area (Å²) in [6, 6.07) is 18.5. The quantitative estimate of drug-likeness (QED) is 0.301. The first kappa shape index (κ1) is 23.6. The van der Waals surface area contributed by atoms with Crippen molar-refractivity contribution in [3.05, 3.63) is 101 Å². The van der Waals surface area contributed by atoms with Crippen LogP contribution >= 0.6 is 0 Å². The molecule has 2 aliphatic rings. The van der Waals surface area contributed by atoms with Crippen LogP contribution in [0.25, 0.3) is 0 Å². The van der Waals surface area contributed by atoms with Gasteiger partial charge in [0.05, 0.1) is 23.7 Å². The van der Waals surface area contributed by atoms with Crippen molar-refractivity contribution in [1.82, 2.24) is 4.90 Å². The number of esters is 1. The number of rotatable bonds is 6. The van der Waals surface area contributed by atoms with Crippen LogP contribution in [0.5, 0.6) is 0 Å². The summed E-state index contributed by atoms with van der Waals surface area (Å²) in [5.74, 6) is -2.21. The first-order valence-electron chi connectivity index (χ1n) is 11.6. The lowest BCUT2D eigenvalue weighted by molar-refractivity contribution is -0.123. The van der Waals surface area contributed by atoms with Crippen LogP contribution in [0.2, 0.25) is 0 Å². The Labute approximate surface area is 207 Å². The van der Waals surface area contributed by atoms with Crippen LogP contribution < -0.4 is 4.90 Å². The number of carbonyl (C=O) groups is 4. The summed E-state index contributed by atoms with van der Waals surface area (Å²) >= 11 is 0. The molecule has 3 aromatic rings. The monoisotopic (exact) mass is 486 g/mol. The van der Waals surface area contributed by atoms with Gasteiger partial charge < -0.3 is 4.74 Å². The maximum Gasteiger partial charge on any atom is 0.338 e. The van der Waals surface area contributed by atoms with Crippen LogP contribution in [0.3, 0.4) is 0 Å². The van der Waals surface area contributed by atoms with Gasteiger partial charge in [0.1, 0.15) is 5.82 Å². The standard InChI is InChI=1S/C28H23FN2O5/c29-22-9-5-19(6-10-22)25(32)17-36-28(35)20-7-11-23(12-8-20)31-26(33)15-24(27(31)34)30-14-13-18-3-1-2-4-21(18)16-30/h1-12,24H,13-17H2. The first-order chi connectivity index (χ1) is 17.4. The minimum atomic E-state index is -0.721. The van der Waals surface area contributed by atoms with Crippen LogP contribution in [0.1, 0.15) is 38.3 Å². The van der Waals surface area contributed by atoms with Gasteiger partial charge in [-0.15, -0.1) is 0 Å². The third-order valence-corrected chi connectivity index (χ3v) is 6.59. The van der Waals surface area contributed by atoms with Gasteiger partial charge in [-0.05, 0) is 66.1 Å². The normalized spacial score (nSPS) is 17.7. The highest BCUT2D eigenvalue weighted by Crippen LogP contribution is 2.29. The molecule has 0 spiro atoms. The molecule has 7 nitrogen and oxygen atoms in total. The van der Waals surface area contributed by atoms with E-state index in [9.17, 15) is 23.6 Å². The van der Waals surface area contributed by atoms with E-state index in [0.717, 1.165) is 18.6 Å². The Morgan fingerprint density at radius 3 is 2.28 bits per heavy atom. The molecule has 1 fully saturated rings. The van der Waals surface area contributed by atoms with Gasteiger partial charge in [0.15, 0.2) is 12.4 Å². The van der Waals surface area contributed by atoms with Gasteiger partial charge in [-0.3, -0.25) is 19.3 Å². The van der Waals surface area contributed by atoms with Crippen molar-refractivity contribution in [2.45, 2.75) is 25.4 Å². The van der Waals surface area contributed by atoms with Gasteiger partial charge in [0, 0.05) is 18.7 Å². The van der Waals surface area contributed by atoms with Crippen LogP contribution in [0.15, 0.2) is 72.8 Å². The molecular formula is C28H23FN2O5. The molecule has 1 saturated heterocycles. The predicted octanol–water partition coefficient (Wildman–Crippen LogP) is 3.56. The average molecular weight is 486 g/mol. The van der Waals surface area contributed by atoms with Crippen molar-refractivity contribution in [2.24, 2.45) is 0 Å². The van der Waals surface area contributed by atoms with E-state index in [2.05, 4.69) is 6.07 Å². The van der Waals surface area contributed by atoms with E-state index in [1.807, 2.05) is 23.1 Å². The van der Waals surface area contributed by atoms with Crippen molar-refractivity contribution in [3.8, 4) is 0 Å². The van der Waals surface area contributed by atoms with Gasteiger partial charge >= 0.3 is 5.97 Å². The summed E-state index contributed by atoms with van der Waals surface area (Å²) in [5, 5.41) is 0. The molecule has 1 atom stereocenters. The van der Waals surface area contributed by atoms with E-state index in [0.29, 0.717) is 18.8 Å². The third kappa shape index (κ3) is 4.67. The lowest BCUT2D eigenvalue weighted by Crippen LogP contribution is -2.44. The molecule has 0 bridgehead atoms. The fourth-order valence-corrected chi connectivity index (χ4v) is 4.64. The molecule has 0 radical (unpaired) electrons. The van der Waals surface area contributed by atoms with E-state index in [-0.39, 0.29) is 29.4 Å². The number of Topliss-reactive ketones (excluding diaryl/α,β-unsaturated/α-hetero) is 1. The second-order valence-corrected chi connectivity index (χ2v) is 8.83. The Hall–Kier alpha value is -4.17. The number of benzene rings is 3. The van der Waals surface area contributed by atoms with Crippen molar-refractivity contribution in [1.29, 1.82) is 0 Å². The Morgan fingerprint density at radius 1 is 0.889 bits per heavy atom. The molecule has 1 unspecified atom stereocenters. The molecule has 3 aromatic carbocycles. The summed E-state index contributed by atoms with van der Waals surface area (Å²) < 4.78 is 18.1. The van der Waals surface area contributed by atoms with Gasteiger partial charge in [0.2, 0.25) is 5.91 Å². The number of imide groups is 1. The lowest BCUT2D eigenvalue weighted by atomic mass is 9.98. The minimum Gasteiger partial charge on any atom is -0.454 e. The van der Waals surface area contributed by atoms with Crippen LogP contribution in [0.4, 0.5) is 10.1 Å². The number of ketones is 1. The molecule has 182 valence electrons. The van der Waals surface area contributed by atoms with Gasteiger partial charge in [-0.25, -0.2) is 14.1 Å². The first-order valence-corrected chi connectivity index (χ1v) is 11.6. The molecular weight excluding hydrogens is 463 g/mol. The van der Waals surface area contributed by atoms with Gasteiger partial charge in [0.25, 0.3) is 5.91 Å². The molecule has 8 heteroatoms.